The molecule has 1 atom stereocenters. The molecule has 0 fully saturated rings. The SMILES string of the molecule is CC(C)(C)c1cc(COS(=O)[O-])cc(C(C)(C)C)c1O.[Ca+2].[H-].[H-]. The molecule has 0 saturated carbocycles. The molecule has 0 aliphatic carbocycles. The Morgan fingerprint density at radius 1 is 1.14 bits per heavy atom. The van der Waals surface area contributed by atoms with Crippen LogP contribution in [0.25, 0.3) is 0 Å². The second-order valence-corrected chi connectivity index (χ2v) is 7.65. The van der Waals surface area contributed by atoms with Gasteiger partial charge in [0.15, 0.2) is 0 Å². The molecule has 1 unspecified atom stereocenters. The summed E-state index contributed by atoms with van der Waals surface area (Å²) in [7, 11) is 0. The maximum absolute atomic E-state index is 10.5. The van der Waals surface area contributed by atoms with Crippen molar-refractivity contribution in [2.24, 2.45) is 0 Å². The van der Waals surface area contributed by atoms with Crippen LogP contribution in [0.5, 0.6) is 5.75 Å². The van der Waals surface area contributed by atoms with E-state index in [2.05, 4.69) is 4.18 Å². The first kappa shape index (κ1) is 21.3. The van der Waals surface area contributed by atoms with Gasteiger partial charge in [0.25, 0.3) is 0 Å². The summed E-state index contributed by atoms with van der Waals surface area (Å²) in [5.74, 6) is 0.275. The first-order valence-electron chi connectivity index (χ1n) is 6.52. The van der Waals surface area contributed by atoms with Crippen molar-refractivity contribution in [3.8, 4) is 5.75 Å². The average molecular weight is 342 g/mol. The van der Waals surface area contributed by atoms with Crippen LogP contribution in [0.3, 0.4) is 0 Å². The molecule has 1 aromatic rings. The van der Waals surface area contributed by atoms with E-state index in [4.69, 9.17) is 0 Å². The molecule has 1 rings (SSSR count). The predicted octanol–water partition coefficient (Wildman–Crippen LogP) is 3.14. The van der Waals surface area contributed by atoms with E-state index in [1.54, 1.807) is 12.1 Å². The second-order valence-electron chi connectivity index (χ2n) is 7.01. The zero-order chi connectivity index (χ0) is 15.7. The Balaban J connectivity index is -0.00000133. The van der Waals surface area contributed by atoms with Gasteiger partial charge in [0.2, 0.25) is 0 Å². The van der Waals surface area contributed by atoms with Gasteiger partial charge < -0.3 is 12.5 Å². The molecule has 0 bridgehead atoms. The van der Waals surface area contributed by atoms with Crippen LogP contribution in [-0.4, -0.2) is 51.6 Å². The van der Waals surface area contributed by atoms with Gasteiger partial charge in [-0.25, -0.2) is 4.21 Å². The Morgan fingerprint density at radius 2 is 1.52 bits per heavy atom. The summed E-state index contributed by atoms with van der Waals surface area (Å²) in [6, 6.07) is 3.61. The summed E-state index contributed by atoms with van der Waals surface area (Å²) in [6.45, 7) is 12.0. The molecule has 118 valence electrons. The van der Waals surface area contributed by atoms with Crippen LogP contribution in [0.1, 0.15) is 61.1 Å². The Kier molecular flexibility index (Phi) is 7.88. The summed E-state index contributed by atoms with van der Waals surface area (Å²) >= 11 is -2.54. The van der Waals surface area contributed by atoms with Gasteiger partial charge in [0.1, 0.15) is 5.75 Å². The van der Waals surface area contributed by atoms with E-state index < -0.39 is 11.4 Å². The third-order valence-electron chi connectivity index (χ3n) is 3.11. The van der Waals surface area contributed by atoms with Gasteiger partial charge in [-0.15, -0.1) is 0 Å². The van der Waals surface area contributed by atoms with Gasteiger partial charge in [-0.3, -0.25) is 4.18 Å². The minimum Gasteiger partial charge on any atom is -1.00 e. The van der Waals surface area contributed by atoms with Gasteiger partial charge >= 0.3 is 37.7 Å². The quantitative estimate of drug-likeness (QED) is 0.677. The van der Waals surface area contributed by atoms with E-state index in [9.17, 15) is 13.9 Å². The predicted molar refractivity (Wildman–Crippen MR) is 87.2 cm³/mol. The summed E-state index contributed by atoms with van der Waals surface area (Å²) in [5, 5.41) is 10.5. The standard InChI is InChI=1S/C15H24O4S.Ca.2H/c1-14(2,3)11-7-10(9-19-20(17)18)8-12(13(11)16)15(4,5)6;;;/h7-8,16H,9H2,1-6H3,(H,17,18);;;/q;+2;2*-1/p-1. The molecule has 6 heteroatoms. The zero-order valence-corrected chi connectivity index (χ0v) is 16.7. The molecule has 0 heterocycles. The van der Waals surface area contributed by atoms with Crippen LogP contribution >= 0.6 is 0 Å². The molecule has 0 aliphatic heterocycles. The smallest absolute Gasteiger partial charge is 1.00 e. The fourth-order valence-electron chi connectivity index (χ4n) is 2.04. The van der Waals surface area contributed by atoms with Crippen LogP contribution < -0.4 is 0 Å². The van der Waals surface area contributed by atoms with Crippen molar-refractivity contribution in [1.82, 2.24) is 0 Å². The van der Waals surface area contributed by atoms with Crippen molar-refractivity contribution < 1.29 is 20.9 Å². The van der Waals surface area contributed by atoms with Crippen molar-refractivity contribution in [2.75, 3.05) is 0 Å². The summed E-state index contributed by atoms with van der Waals surface area (Å²) < 4.78 is 25.7. The largest absolute Gasteiger partial charge is 2.00 e. The molecular weight excluding hydrogens is 316 g/mol. The molecular formula is C15H25CaO4S-. The van der Waals surface area contributed by atoms with Gasteiger partial charge in [-0.1, -0.05) is 41.5 Å². The van der Waals surface area contributed by atoms with Crippen molar-refractivity contribution in [1.29, 1.82) is 0 Å². The first-order valence-corrected chi connectivity index (χ1v) is 7.52. The summed E-state index contributed by atoms with van der Waals surface area (Å²) in [6.07, 6.45) is 0. The second kappa shape index (κ2) is 7.75. The third-order valence-corrected chi connectivity index (χ3v) is 3.42. The number of phenolic OH excluding ortho intramolecular Hbond substituents is 1. The van der Waals surface area contributed by atoms with Crippen LogP contribution in [0.2, 0.25) is 0 Å². The van der Waals surface area contributed by atoms with E-state index >= 15 is 0 Å². The van der Waals surface area contributed by atoms with Crippen molar-refractivity contribution in [3.05, 3.63) is 28.8 Å². The fourth-order valence-corrected chi connectivity index (χ4v) is 2.27. The molecule has 0 aliphatic rings. The Labute approximate surface area is 162 Å². The number of phenols is 1. The van der Waals surface area contributed by atoms with Crippen molar-refractivity contribution in [2.45, 2.75) is 59.0 Å². The van der Waals surface area contributed by atoms with E-state index in [1.165, 1.54) is 0 Å². The molecule has 4 nitrogen and oxygen atoms in total. The normalized spacial score (nSPS) is 13.7. The zero-order valence-electron chi connectivity index (χ0n) is 15.6. The number of benzene rings is 1. The minimum absolute atomic E-state index is 0. The van der Waals surface area contributed by atoms with Crippen molar-refractivity contribution >= 4 is 49.1 Å². The molecule has 0 spiro atoms. The summed E-state index contributed by atoms with van der Waals surface area (Å²) in [5.41, 5.74) is 1.84. The molecule has 0 aromatic heterocycles. The Morgan fingerprint density at radius 3 is 1.81 bits per heavy atom. The average Bonchev–Trinajstić information content (AvgIpc) is 2.24. The monoisotopic (exact) mass is 341 g/mol. The minimum atomic E-state index is -2.54. The number of hydrogen-bond acceptors (Lipinski definition) is 4. The van der Waals surface area contributed by atoms with Crippen molar-refractivity contribution in [3.63, 3.8) is 0 Å². The van der Waals surface area contributed by atoms with Gasteiger partial charge in [0.05, 0.1) is 18.0 Å². The van der Waals surface area contributed by atoms with Crippen LogP contribution in [0, 0.1) is 0 Å². The molecule has 0 radical (unpaired) electrons. The molecule has 0 saturated heterocycles. The molecule has 21 heavy (non-hydrogen) atoms. The summed E-state index contributed by atoms with van der Waals surface area (Å²) in [4.78, 5) is 0. The maximum atomic E-state index is 10.5. The van der Waals surface area contributed by atoms with Crippen LogP contribution in [0.15, 0.2) is 12.1 Å². The van der Waals surface area contributed by atoms with E-state index in [1.807, 2.05) is 41.5 Å². The Hall–Kier alpha value is 0.350. The number of aromatic hydroxyl groups is 1. The van der Waals surface area contributed by atoms with E-state index in [-0.39, 0.29) is 63.8 Å². The Bertz CT molecular complexity index is 490. The van der Waals surface area contributed by atoms with Gasteiger partial charge in [-0.05, 0) is 39.7 Å². The fraction of sp³-hybridized carbons (Fsp3) is 0.600. The first-order chi connectivity index (χ1) is 8.93. The topological polar surface area (TPSA) is 69.6 Å². The van der Waals surface area contributed by atoms with Crippen LogP contribution in [0.4, 0.5) is 0 Å². The van der Waals surface area contributed by atoms with Crippen LogP contribution in [-0.2, 0) is 33.0 Å². The molecule has 1 aromatic carbocycles. The molecule has 0 amide bonds. The van der Waals surface area contributed by atoms with Gasteiger partial charge in [0, 0.05) is 0 Å². The third kappa shape index (κ3) is 6.16. The van der Waals surface area contributed by atoms with E-state index in [0.717, 1.165) is 16.7 Å². The van der Waals surface area contributed by atoms with E-state index in [0.29, 0.717) is 0 Å². The maximum Gasteiger partial charge on any atom is 2.00 e. The van der Waals surface area contributed by atoms with Gasteiger partial charge in [-0.2, -0.15) is 0 Å². The number of hydrogen-bond donors (Lipinski definition) is 1. The number of rotatable bonds is 3. The molecule has 1 N–H and O–H groups in total.